The fraction of sp³-hybridized carbons (Fsp3) is 0.444. The van der Waals surface area contributed by atoms with E-state index in [9.17, 15) is 4.39 Å². The Hall–Kier alpha value is -1.61. The predicted octanol–water partition coefficient (Wildman–Crippen LogP) is 5.08. The number of hydrogen-bond acceptors (Lipinski definition) is 2. The summed E-state index contributed by atoms with van der Waals surface area (Å²) in [6.07, 6.45) is 11.8. The standard InChI is InChI=1S/C16H24FNO.C2H6/c1-5-14(2)9-6-7-10-16(11-8-12-17)19-15(3)13-18-4;1-2/h6-12,15,18H,2,5,13H2,1,3-4H3;1-2H3/b9-6+,10-7+,12-8+,16-11+;. The zero-order valence-electron chi connectivity index (χ0n) is 14.0. The van der Waals surface area contributed by atoms with Crippen LogP contribution in [0.15, 0.2) is 60.7 Å². The first kappa shape index (κ1) is 21.7. The summed E-state index contributed by atoms with van der Waals surface area (Å²) in [4.78, 5) is 0. The van der Waals surface area contributed by atoms with Gasteiger partial charge < -0.3 is 10.1 Å². The maximum absolute atomic E-state index is 12.0. The lowest BCUT2D eigenvalue weighted by Gasteiger charge is -2.14. The van der Waals surface area contributed by atoms with E-state index in [0.29, 0.717) is 12.1 Å². The third kappa shape index (κ3) is 14.6. The summed E-state index contributed by atoms with van der Waals surface area (Å²) in [6, 6.07) is 0. The Kier molecular flexibility index (Phi) is 17.0. The summed E-state index contributed by atoms with van der Waals surface area (Å²) in [6.45, 7) is 12.6. The lowest BCUT2D eigenvalue weighted by atomic mass is 10.2. The molecule has 0 aliphatic carbocycles. The number of halogens is 1. The number of nitrogens with one attached hydrogen (secondary N) is 1. The number of allylic oxidation sites excluding steroid dienone is 7. The van der Waals surface area contributed by atoms with Crippen molar-refractivity contribution in [3.05, 3.63) is 60.7 Å². The van der Waals surface area contributed by atoms with Gasteiger partial charge in [-0.05, 0) is 38.6 Å². The second-order valence-electron chi connectivity index (χ2n) is 4.10. The Morgan fingerprint density at radius 2 is 1.86 bits per heavy atom. The summed E-state index contributed by atoms with van der Waals surface area (Å²) in [5.41, 5.74) is 1.06. The van der Waals surface area contributed by atoms with E-state index < -0.39 is 0 Å². The quantitative estimate of drug-likeness (QED) is 0.473. The van der Waals surface area contributed by atoms with E-state index in [0.717, 1.165) is 18.5 Å². The van der Waals surface area contributed by atoms with Crippen molar-refractivity contribution < 1.29 is 9.13 Å². The van der Waals surface area contributed by atoms with Crippen LogP contribution < -0.4 is 5.32 Å². The highest BCUT2D eigenvalue weighted by Gasteiger charge is 2.01. The maximum atomic E-state index is 12.0. The smallest absolute Gasteiger partial charge is 0.119 e. The summed E-state index contributed by atoms with van der Waals surface area (Å²) in [7, 11) is 1.86. The number of ether oxygens (including phenoxy) is 1. The minimum absolute atomic E-state index is 0.0171. The molecule has 0 aromatic rings. The number of rotatable bonds is 9. The molecule has 0 aliphatic heterocycles. The second-order valence-corrected chi connectivity index (χ2v) is 4.10. The van der Waals surface area contributed by atoms with Crippen molar-refractivity contribution in [1.82, 2.24) is 5.32 Å². The first-order valence-corrected chi connectivity index (χ1v) is 7.44. The molecule has 0 heterocycles. The Morgan fingerprint density at radius 3 is 2.38 bits per heavy atom. The fourth-order valence-electron chi connectivity index (χ4n) is 1.29. The van der Waals surface area contributed by atoms with Gasteiger partial charge in [0.15, 0.2) is 0 Å². The van der Waals surface area contributed by atoms with Gasteiger partial charge in [-0.2, -0.15) is 0 Å². The van der Waals surface area contributed by atoms with Crippen LogP contribution in [0.4, 0.5) is 4.39 Å². The molecule has 1 unspecified atom stereocenters. The van der Waals surface area contributed by atoms with E-state index >= 15 is 0 Å². The van der Waals surface area contributed by atoms with Gasteiger partial charge >= 0.3 is 0 Å². The van der Waals surface area contributed by atoms with Crippen molar-refractivity contribution >= 4 is 0 Å². The monoisotopic (exact) mass is 295 g/mol. The lowest BCUT2D eigenvalue weighted by molar-refractivity contribution is 0.141. The van der Waals surface area contributed by atoms with Crippen molar-refractivity contribution in [2.45, 2.75) is 40.2 Å². The van der Waals surface area contributed by atoms with Crippen LogP contribution in [0.2, 0.25) is 0 Å². The topological polar surface area (TPSA) is 21.3 Å². The molecule has 0 saturated heterocycles. The van der Waals surface area contributed by atoms with Crippen molar-refractivity contribution in [1.29, 1.82) is 0 Å². The molecule has 0 aromatic carbocycles. The minimum Gasteiger partial charge on any atom is -0.489 e. The van der Waals surface area contributed by atoms with Gasteiger partial charge in [-0.1, -0.05) is 51.2 Å². The molecule has 0 amide bonds. The van der Waals surface area contributed by atoms with Gasteiger partial charge in [-0.25, -0.2) is 4.39 Å². The Bertz CT molecular complexity index is 367. The molecule has 120 valence electrons. The van der Waals surface area contributed by atoms with Crippen LogP contribution in [0.3, 0.4) is 0 Å². The molecule has 0 spiro atoms. The molecular weight excluding hydrogens is 265 g/mol. The van der Waals surface area contributed by atoms with E-state index in [1.54, 1.807) is 12.2 Å². The molecule has 0 bridgehead atoms. The molecule has 0 radical (unpaired) electrons. The van der Waals surface area contributed by atoms with Gasteiger partial charge in [0.25, 0.3) is 0 Å². The van der Waals surface area contributed by atoms with Crippen LogP contribution in [0, 0.1) is 0 Å². The van der Waals surface area contributed by atoms with E-state index in [4.69, 9.17) is 4.74 Å². The van der Waals surface area contributed by atoms with Gasteiger partial charge in [-0.15, -0.1) is 0 Å². The molecule has 3 heteroatoms. The largest absolute Gasteiger partial charge is 0.489 e. The average Bonchev–Trinajstić information content (AvgIpc) is 2.50. The summed E-state index contributed by atoms with van der Waals surface area (Å²) < 4.78 is 17.7. The Balaban J connectivity index is 0. The van der Waals surface area contributed by atoms with Crippen LogP contribution in [0.1, 0.15) is 34.1 Å². The fourth-order valence-corrected chi connectivity index (χ4v) is 1.29. The predicted molar refractivity (Wildman–Crippen MR) is 91.9 cm³/mol. The zero-order chi connectivity index (χ0) is 16.5. The molecule has 0 rings (SSSR count). The van der Waals surface area contributed by atoms with Crippen molar-refractivity contribution in [3.8, 4) is 0 Å². The average molecular weight is 295 g/mol. The van der Waals surface area contributed by atoms with E-state index in [2.05, 4.69) is 18.8 Å². The van der Waals surface area contributed by atoms with Crippen LogP contribution in [0.25, 0.3) is 0 Å². The van der Waals surface area contributed by atoms with E-state index in [1.807, 2.05) is 46.0 Å². The van der Waals surface area contributed by atoms with Gasteiger partial charge in [-0.3, -0.25) is 0 Å². The van der Waals surface area contributed by atoms with Crippen LogP contribution >= 0.6 is 0 Å². The number of likely N-dealkylation sites (N-methyl/N-ethyl adjacent to an activating group) is 1. The lowest BCUT2D eigenvalue weighted by Crippen LogP contribution is -2.23. The highest BCUT2D eigenvalue weighted by molar-refractivity contribution is 5.24. The zero-order valence-corrected chi connectivity index (χ0v) is 14.0. The normalized spacial score (nSPS) is 13.5. The van der Waals surface area contributed by atoms with Crippen molar-refractivity contribution in [2.75, 3.05) is 13.6 Å². The third-order valence-electron chi connectivity index (χ3n) is 2.32. The van der Waals surface area contributed by atoms with Crippen LogP contribution in [0.5, 0.6) is 0 Å². The van der Waals surface area contributed by atoms with Gasteiger partial charge in [0.1, 0.15) is 11.9 Å². The van der Waals surface area contributed by atoms with E-state index in [1.165, 1.54) is 6.08 Å². The Labute approximate surface area is 129 Å². The first-order valence-electron chi connectivity index (χ1n) is 7.44. The molecule has 21 heavy (non-hydrogen) atoms. The second kappa shape index (κ2) is 16.4. The van der Waals surface area contributed by atoms with Crippen LogP contribution in [-0.2, 0) is 4.74 Å². The first-order chi connectivity index (χ1) is 10.1. The summed E-state index contributed by atoms with van der Waals surface area (Å²) >= 11 is 0. The van der Waals surface area contributed by atoms with Crippen molar-refractivity contribution in [2.24, 2.45) is 0 Å². The van der Waals surface area contributed by atoms with Gasteiger partial charge in [0, 0.05) is 6.54 Å². The molecule has 0 saturated carbocycles. The molecule has 1 atom stereocenters. The Morgan fingerprint density at radius 1 is 1.24 bits per heavy atom. The highest BCUT2D eigenvalue weighted by atomic mass is 19.1. The third-order valence-corrected chi connectivity index (χ3v) is 2.32. The summed E-state index contributed by atoms with van der Waals surface area (Å²) in [5, 5.41) is 3.02. The van der Waals surface area contributed by atoms with E-state index in [-0.39, 0.29) is 6.10 Å². The number of hydrogen-bond donors (Lipinski definition) is 1. The SMILES string of the molecule is C=C(/C=C/C=C/C(=C\C=C\F)OC(C)CNC)CC.CC. The molecule has 0 fully saturated rings. The molecule has 2 nitrogen and oxygen atoms in total. The molecule has 0 aromatic heterocycles. The van der Waals surface area contributed by atoms with Gasteiger partial charge in [0.2, 0.25) is 0 Å². The minimum atomic E-state index is 0.0171. The highest BCUT2D eigenvalue weighted by Crippen LogP contribution is 2.06. The van der Waals surface area contributed by atoms with Gasteiger partial charge in [0.05, 0.1) is 6.33 Å². The molecule has 1 N–H and O–H groups in total. The van der Waals surface area contributed by atoms with Crippen molar-refractivity contribution in [3.63, 3.8) is 0 Å². The molecular formula is C18H30FNO. The molecule has 0 aliphatic rings. The van der Waals surface area contributed by atoms with Crippen LogP contribution in [-0.4, -0.2) is 19.7 Å². The maximum Gasteiger partial charge on any atom is 0.119 e. The summed E-state index contributed by atoms with van der Waals surface area (Å²) in [5.74, 6) is 0.614.